The third kappa shape index (κ3) is 4.20. The number of likely N-dealkylation sites (tertiary alicyclic amines) is 1. The maximum Gasteiger partial charge on any atom is 0.273 e. The van der Waals surface area contributed by atoms with Crippen molar-refractivity contribution in [2.45, 2.75) is 43.9 Å². The molecule has 0 spiro atoms. The van der Waals surface area contributed by atoms with Crippen molar-refractivity contribution in [1.82, 2.24) is 30.4 Å². The lowest BCUT2D eigenvalue weighted by molar-refractivity contribution is -0.144. The van der Waals surface area contributed by atoms with Gasteiger partial charge in [-0.1, -0.05) is 0 Å². The number of nitrogens with zero attached hydrogens (tertiary/aromatic N) is 3. The van der Waals surface area contributed by atoms with Crippen LogP contribution in [-0.4, -0.2) is 81.1 Å². The van der Waals surface area contributed by atoms with E-state index in [0.29, 0.717) is 12.8 Å². The molecule has 12 nitrogen and oxygen atoms in total. The first-order chi connectivity index (χ1) is 13.8. The van der Waals surface area contributed by atoms with Crippen LogP contribution in [0, 0.1) is 0 Å². The fraction of sp³-hybridized carbons (Fsp3) is 0.529. The SMILES string of the molecule is CN(C(=O)c1cnc[nH]1)C(NC(=O)[C@@H]1CCC(=O)N1)C(=O)N1CCC[C@H]1C(N)=O. The van der Waals surface area contributed by atoms with Gasteiger partial charge in [-0.3, -0.25) is 24.0 Å². The number of hydrogen-bond acceptors (Lipinski definition) is 6. The van der Waals surface area contributed by atoms with Gasteiger partial charge in [0.1, 0.15) is 17.8 Å². The third-order valence-corrected chi connectivity index (χ3v) is 5.13. The number of imidazole rings is 1. The molecule has 2 saturated heterocycles. The molecule has 1 unspecified atom stereocenters. The zero-order valence-electron chi connectivity index (χ0n) is 15.9. The van der Waals surface area contributed by atoms with Crippen LogP contribution in [0.25, 0.3) is 0 Å². The van der Waals surface area contributed by atoms with Gasteiger partial charge >= 0.3 is 0 Å². The van der Waals surface area contributed by atoms with E-state index in [9.17, 15) is 24.0 Å². The summed E-state index contributed by atoms with van der Waals surface area (Å²) in [5.74, 6) is -2.70. The molecule has 1 aromatic heterocycles. The lowest BCUT2D eigenvalue weighted by Gasteiger charge is -2.33. The van der Waals surface area contributed by atoms with Gasteiger partial charge in [0.25, 0.3) is 11.8 Å². The Balaban J connectivity index is 1.83. The standard InChI is InChI=1S/C17H23N7O5/c1-23(16(28)10-7-19-8-20-10)14(22-15(27)9-4-5-12(25)21-9)17(29)24-6-2-3-11(24)13(18)26/h7-9,11,14H,2-6H2,1H3,(H2,18,26)(H,19,20)(H,21,25)(H,22,27)/t9-,11-,14?/m0/s1. The fourth-order valence-corrected chi connectivity index (χ4v) is 3.53. The minimum Gasteiger partial charge on any atom is -0.368 e. The zero-order chi connectivity index (χ0) is 21.1. The summed E-state index contributed by atoms with van der Waals surface area (Å²) >= 11 is 0. The van der Waals surface area contributed by atoms with Crippen LogP contribution in [0.2, 0.25) is 0 Å². The monoisotopic (exact) mass is 405 g/mol. The minimum atomic E-state index is -1.38. The number of nitrogens with two attached hydrogens (primary N) is 1. The summed E-state index contributed by atoms with van der Waals surface area (Å²) in [6, 6.07) is -1.59. The van der Waals surface area contributed by atoms with Crippen molar-refractivity contribution < 1.29 is 24.0 Å². The van der Waals surface area contributed by atoms with Crippen molar-refractivity contribution in [3.8, 4) is 0 Å². The van der Waals surface area contributed by atoms with E-state index in [1.807, 2.05) is 0 Å². The van der Waals surface area contributed by atoms with Gasteiger partial charge in [-0.05, 0) is 19.3 Å². The van der Waals surface area contributed by atoms with Gasteiger partial charge in [0.15, 0.2) is 6.17 Å². The topological polar surface area (TPSA) is 171 Å². The first kappa shape index (κ1) is 20.3. The Bertz CT molecular complexity index is 824. The molecule has 156 valence electrons. The normalized spacial score (nSPS) is 22.1. The van der Waals surface area contributed by atoms with Gasteiger partial charge in [-0.2, -0.15) is 0 Å². The smallest absolute Gasteiger partial charge is 0.273 e. The van der Waals surface area contributed by atoms with E-state index in [1.54, 1.807) is 0 Å². The van der Waals surface area contributed by atoms with E-state index in [-0.39, 0.29) is 31.0 Å². The average molecular weight is 405 g/mol. The first-order valence-electron chi connectivity index (χ1n) is 9.24. The van der Waals surface area contributed by atoms with Crippen molar-refractivity contribution in [3.05, 3.63) is 18.2 Å². The number of carbonyl (C=O) groups is 5. The largest absolute Gasteiger partial charge is 0.368 e. The molecule has 2 aliphatic rings. The molecule has 0 bridgehead atoms. The van der Waals surface area contributed by atoms with Crippen LogP contribution < -0.4 is 16.4 Å². The highest BCUT2D eigenvalue weighted by atomic mass is 16.2. The van der Waals surface area contributed by atoms with Gasteiger partial charge in [-0.25, -0.2) is 4.98 Å². The van der Waals surface area contributed by atoms with E-state index in [1.165, 1.54) is 24.5 Å². The summed E-state index contributed by atoms with van der Waals surface area (Å²) in [6.45, 7) is 0.283. The van der Waals surface area contributed by atoms with Crippen LogP contribution in [0.3, 0.4) is 0 Å². The second-order valence-electron chi connectivity index (χ2n) is 7.04. The molecule has 1 aromatic rings. The lowest BCUT2D eigenvalue weighted by atomic mass is 10.2. The molecule has 5 N–H and O–H groups in total. The number of aromatic amines is 1. The van der Waals surface area contributed by atoms with E-state index in [4.69, 9.17) is 5.73 Å². The third-order valence-electron chi connectivity index (χ3n) is 5.13. The average Bonchev–Trinajstić information content (AvgIpc) is 3.45. The Morgan fingerprint density at radius 1 is 1.34 bits per heavy atom. The highest BCUT2D eigenvalue weighted by molar-refractivity contribution is 5.99. The van der Waals surface area contributed by atoms with Gasteiger partial charge in [0.2, 0.25) is 17.7 Å². The van der Waals surface area contributed by atoms with Gasteiger partial charge in [0, 0.05) is 20.0 Å². The van der Waals surface area contributed by atoms with Crippen LogP contribution in [0.4, 0.5) is 0 Å². The summed E-state index contributed by atoms with van der Waals surface area (Å²) in [5.41, 5.74) is 5.52. The molecule has 29 heavy (non-hydrogen) atoms. The number of H-pyrrole nitrogens is 1. The predicted octanol–water partition coefficient (Wildman–Crippen LogP) is -2.32. The Kier molecular flexibility index (Phi) is 5.80. The second kappa shape index (κ2) is 8.29. The molecule has 3 rings (SSSR count). The van der Waals surface area contributed by atoms with Crippen LogP contribution in [0.1, 0.15) is 36.2 Å². The second-order valence-corrected chi connectivity index (χ2v) is 7.04. The minimum absolute atomic E-state index is 0.126. The van der Waals surface area contributed by atoms with E-state index in [2.05, 4.69) is 20.6 Å². The van der Waals surface area contributed by atoms with Gasteiger partial charge in [0.05, 0.1) is 12.5 Å². The highest BCUT2D eigenvalue weighted by Crippen LogP contribution is 2.19. The quantitative estimate of drug-likeness (QED) is 0.387. The molecule has 3 atom stereocenters. The van der Waals surface area contributed by atoms with Crippen molar-refractivity contribution >= 4 is 29.5 Å². The number of aromatic nitrogens is 2. The molecule has 0 radical (unpaired) electrons. The zero-order valence-corrected chi connectivity index (χ0v) is 15.9. The first-order valence-corrected chi connectivity index (χ1v) is 9.24. The molecule has 0 aliphatic carbocycles. The molecule has 0 aromatic carbocycles. The van der Waals surface area contributed by atoms with E-state index >= 15 is 0 Å². The molecule has 12 heteroatoms. The number of rotatable bonds is 6. The summed E-state index contributed by atoms with van der Waals surface area (Å²) < 4.78 is 0. The highest BCUT2D eigenvalue weighted by Gasteiger charge is 2.41. The molecular weight excluding hydrogens is 382 g/mol. The van der Waals surface area contributed by atoms with E-state index in [0.717, 1.165) is 4.90 Å². The maximum absolute atomic E-state index is 13.2. The Morgan fingerprint density at radius 2 is 2.10 bits per heavy atom. The number of amides is 5. The van der Waals surface area contributed by atoms with Crippen molar-refractivity contribution in [1.29, 1.82) is 0 Å². The maximum atomic E-state index is 13.2. The fourth-order valence-electron chi connectivity index (χ4n) is 3.53. The molecule has 2 fully saturated rings. The summed E-state index contributed by atoms with van der Waals surface area (Å²) in [7, 11) is 1.36. The van der Waals surface area contributed by atoms with Crippen molar-refractivity contribution in [2.75, 3.05) is 13.6 Å². The van der Waals surface area contributed by atoms with Crippen LogP contribution in [-0.2, 0) is 19.2 Å². The molecule has 0 saturated carbocycles. The van der Waals surface area contributed by atoms with Gasteiger partial charge < -0.3 is 31.2 Å². The van der Waals surface area contributed by atoms with Crippen LogP contribution in [0.5, 0.6) is 0 Å². The number of likely N-dealkylation sites (N-methyl/N-ethyl adjacent to an activating group) is 1. The number of nitrogens with one attached hydrogen (secondary N) is 3. The molecular formula is C17H23N7O5. The molecule has 5 amide bonds. The van der Waals surface area contributed by atoms with Gasteiger partial charge in [-0.15, -0.1) is 0 Å². The lowest BCUT2D eigenvalue weighted by Crippen LogP contribution is -2.61. The summed E-state index contributed by atoms with van der Waals surface area (Å²) in [4.78, 5) is 70.4. The van der Waals surface area contributed by atoms with Crippen molar-refractivity contribution in [2.24, 2.45) is 5.73 Å². The van der Waals surface area contributed by atoms with Crippen LogP contribution in [0.15, 0.2) is 12.5 Å². The van der Waals surface area contributed by atoms with Crippen molar-refractivity contribution in [3.63, 3.8) is 0 Å². The molecule has 2 aliphatic heterocycles. The summed E-state index contributed by atoms with van der Waals surface area (Å²) in [5, 5.41) is 5.05. The number of primary amides is 1. The Morgan fingerprint density at radius 3 is 2.69 bits per heavy atom. The van der Waals surface area contributed by atoms with E-state index < -0.39 is 41.9 Å². The Hall–Kier alpha value is -3.44. The molecule has 3 heterocycles. The predicted molar refractivity (Wildman–Crippen MR) is 97.7 cm³/mol. The van der Waals surface area contributed by atoms with Crippen LogP contribution >= 0.6 is 0 Å². The number of carbonyl (C=O) groups excluding carboxylic acids is 5. The summed E-state index contributed by atoms with van der Waals surface area (Å²) in [6.07, 6.45) is 2.72. The number of hydrogen-bond donors (Lipinski definition) is 4. The Labute approximate surface area is 166 Å².